The maximum absolute atomic E-state index is 12.9. The van der Waals surface area contributed by atoms with Crippen molar-refractivity contribution >= 4 is 5.97 Å². The smallest absolute Gasteiger partial charge is 0.311 e. The van der Waals surface area contributed by atoms with Gasteiger partial charge in [-0.05, 0) is 66.1 Å². The molecule has 0 amide bonds. The third-order valence-electron chi connectivity index (χ3n) is 4.23. The van der Waals surface area contributed by atoms with Crippen LogP contribution in [0.1, 0.15) is 17.0 Å². The second-order valence-electron chi connectivity index (χ2n) is 6.07. The lowest BCUT2D eigenvalue weighted by Crippen LogP contribution is -2.14. The summed E-state index contributed by atoms with van der Waals surface area (Å²) in [6, 6.07) is 20.0. The van der Waals surface area contributed by atoms with Gasteiger partial charge in [-0.1, -0.05) is 24.3 Å². The first-order valence-electron chi connectivity index (χ1n) is 8.44. The summed E-state index contributed by atoms with van der Waals surface area (Å²) < 4.78 is 23.7. The summed E-state index contributed by atoms with van der Waals surface area (Å²) in [5, 5.41) is 9.60. The van der Waals surface area contributed by atoms with Crippen molar-refractivity contribution in [2.75, 3.05) is 7.11 Å². The summed E-state index contributed by atoms with van der Waals surface area (Å²) in [6.45, 7) is 0. The van der Waals surface area contributed by atoms with Crippen LogP contribution < -0.4 is 9.47 Å². The Hall–Kier alpha value is -3.34. The number of hydrogen-bond acceptors (Lipinski definition) is 3. The fourth-order valence-electron chi connectivity index (χ4n) is 2.75. The van der Waals surface area contributed by atoms with Crippen LogP contribution in [-0.2, 0) is 11.2 Å². The molecule has 0 spiro atoms. The van der Waals surface area contributed by atoms with Gasteiger partial charge in [-0.3, -0.25) is 4.79 Å². The Kier molecular flexibility index (Phi) is 5.71. The fourth-order valence-corrected chi connectivity index (χ4v) is 2.75. The van der Waals surface area contributed by atoms with Crippen molar-refractivity contribution in [1.82, 2.24) is 0 Å². The second-order valence-corrected chi connectivity index (χ2v) is 6.07. The largest absolute Gasteiger partial charge is 0.497 e. The number of rotatable bonds is 7. The summed E-state index contributed by atoms with van der Waals surface area (Å²) in [4.78, 5) is 11.7. The Bertz CT molecular complexity index is 887. The molecule has 0 aliphatic rings. The molecule has 0 fully saturated rings. The number of carboxylic acid groups (broad SMARTS) is 1. The molecule has 4 nitrogen and oxygen atoms in total. The van der Waals surface area contributed by atoms with Crippen molar-refractivity contribution in [3.05, 3.63) is 89.7 Å². The van der Waals surface area contributed by atoms with E-state index in [1.807, 2.05) is 12.1 Å². The predicted octanol–water partition coefficient (Wildman–Crippen LogP) is 5.04. The number of carboxylic acids is 1. The van der Waals surface area contributed by atoms with E-state index in [9.17, 15) is 14.3 Å². The van der Waals surface area contributed by atoms with Gasteiger partial charge < -0.3 is 14.6 Å². The third kappa shape index (κ3) is 4.85. The predicted molar refractivity (Wildman–Crippen MR) is 100.0 cm³/mol. The van der Waals surface area contributed by atoms with Gasteiger partial charge >= 0.3 is 5.97 Å². The molecular weight excluding hydrogens is 347 g/mol. The molecule has 0 saturated carbocycles. The zero-order chi connectivity index (χ0) is 19.2. The normalized spacial score (nSPS) is 11.6. The van der Waals surface area contributed by atoms with Crippen LogP contribution in [0.25, 0.3) is 0 Å². The molecule has 3 rings (SSSR count). The molecule has 0 heterocycles. The number of halogens is 1. The van der Waals surface area contributed by atoms with Crippen LogP contribution in [0.2, 0.25) is 0 Å². The van der Waals surface area contributed by atoms with Gasteiger partial charge in [0.1, 0.15) is 23.1 Å². The van der Waals surface area contributed by atoms with E-state index in [1.165, 1.54) is 12.1 Å². The quantitative estimate of drug-likeness (QED) is 0.637. The Morgan fingerprint density at radius 2 is 1.41 bits per heavy atom. The fraction of sp³-hybridized carbons (Fsp3) is 0.136. The van der Waals surface area contributed by atoms with Gasteiger partial charge in [0.2, 0.25) is 0 Å². The van der Waals surface area contributed by atoms with E-state index < -0.39 is 11.9 Å². The lowest BCUT2D eigenvalue weighted by molar-refractivity contribution is -0.138. The molecule has 1 N–H and O–H groups in total. The minimum absolute atomic E-state index is 0.323. The van der Waals surface area contributed by atoms with Crippen molar-refractivity contribution in [2.45, 2.75) is 12.3 Å². The maximum atomic E-state index is 12.9. The molecule has 27 heavy (non-hydrogen) atoms. The number of methoxy groups -OCH3 is 1. The van der Waals surface area contributed by atoms with Gasteiger partial charge in [-0.25, -0.2) is 4.39 Å². The summed E-state index contributed by atoms with van der Waals surface area (Å²) in [6.07, 6.45) is 0.360. The van der Waals surface area contributed by atoms with Crippen LogP contribution in [0.5, 0.6) is 17.2 Å². The lowest BCUT2D eigenvalue weighted by Gasteiger charge is -2.14. The summed E-state index contributed by atoms with van der Waals surface area (Å²) in [5.41, 5.74) is 1.60. The van der Waals surface area contributed by atoms with Crippen molar-refractivity contribution in [2.24, 2.45) is 0 Å². The summed E-state index contributed by atoms with van der Waals surface area (Å²) in [7, 11) is 1.57. The molecule has 0 aromatic heterocycles. The first kappa shape index (κ1) is 18.5. The SMILES string of the molecule is COc1ccc(C(Cc2ccc(Oc3ccc(F)cc3)cc2)C(=O)O)cc1. The van der Waals surface area contributed by atoms with Crippen molar-refractivity contribution in [3.63, 3.8) is 0 Å². The highest BCUT2D eigenvalue weighted by molar-refractivity contribution is 5.76. The number of ether oxygens (including phenoxy) is 2. The zero-order valence-electron chi connectivity index (χ0n) is 14.8. The monoisotopic (exact) mass is 366 g/mol. The minimum atomic E-state index is -0.883. The van der Waals surface area contributed by atoms with E-state index >= 15 is 0 Å². The molecule has 1 atom stereocenters. The Balaban J connectivity index is 1.71. The van der Waals surface area contributed by atoms with Gasteiger partial charge in [-0.15, -0.1) is 0 Å². The van der Waals surface area contributed by atoms with Gasteiger partial charge in [0, 0.05) is 0 Å². The highest BCUT2D eigenvalue weighted by atomic mass is 19.1. The Labute approximate surface area is 156 Å². The zero-order valence-corrected chi connectivity index (χ0v) is 14.8. The third-order valence-corrected chi connectivity index (χ3v) is 4.23. The van der Waals surface area contributed by atoms with Crippen molar-refractivity contribution in [1.29, 1.82) is 0 Å². The summed E-state index contributed by atoms with van der Waals surface area (Å²) in [5.74, 6) is -0.0415. The average Bonchev–Trinajstić information content (AvgIpc) is 2.69. The molecule has 3 aromatic rings. The van der Waals surface area contributed by atoms with Crippen LogP contribution in [0.15, 0.2) is 72.8 Å². The number of hydrogen-bond donors (Lipinski definition) is 1. The molecular formula is C22H19FO4. The van der Waals surface area contributed by atoms with Crippen molar-refractivity contribution in [3.8, 4) is 17.2 Å². The average molecular weight is 366 g/mol. The van der Waals surface area contributed by atoms with E-state index in [-0.39, 0.29) is 5.82 Å². The van der Waals surface area contributed by atoms with Gasteiger partial charge in [-0.2, -0.15) is 0 Å². The topological polar surface area (TPSA) is 55.8 Å². The first-order chi connectivity index (χ1) is 13.0. The van der Waals surface area contributed by atoms with Crippen LogP contribution in [0, 0.1) is 5.82 Å². The number of carbonyl (C=O) groups is 1. The molecule has 3 aromatic carbocycles. The van der Waals surface area contributed by atoms with E-state index in [0.29, 0.717) is 23.7 Å². The molecule has 5 heteroatoms. The number of benzene rings is 3. The van der Waals surface area contributed by atoms with E-state index in [0.717, 1.165) is 11.1 Å². The Morgan fingerprint density at radius 3 is 1.93 bits per heavy atom. The second kappa shape index (κ2) is 8.36. The molecule has 0 saturated heterocycles. The maximum Gasteiger partial charge on any atom is 0.311 e. The van der Waals surface area contributed by atoms with Crippen LogP contribution in [0.3, 0.4) is 0 Å². The lowest BCUT2D eigenvalue weighted by atomic mass is 9.92. The van der Waals surface area contributed by atoms with E-state index in [2.05, 4.69) is 0 Å². The van der Waals surface area contributed by atoms with Gasteiger partial charge in [0.25, 0.3) is 0 Å². The highest BCUT2D eigenvalue weighted by Gasteiger charge is 2.20. The first-order valence-corrected chi connectivity index (χ1v) is 8.44. The molecule has 138 valence electrons. The van der Waals surface area contributed by atoms with Crippen LogP contribution in [0.4, 0.5) is 4.39 Å². The van der Waals surface area contributed by atoms with Crippen LogP contribution in [-0.4, -0.2) is 18.2 Å². The van der Waals surface area contributed by atoms with E-state index in [1.54, 1.807) is 55.6 Å². The highest BCUT2D eigenvalue weighted by Crippen LogP contribution is 2.26. The Morgan fingerprint density at radius 1 is 0.889 bits per heavy atom. The molecule has 1 unspecified atom stereocenters. The van der Waals surface area contributed by atoms with Gasteiger partial charge in [0.05, 0.1) is 13.0 Å². The van der Waals surface area contributed by atoms with Crippen LogP contribution >= 0.6 is 0 Å². The molecule has 0 aliphatic carbocycles. The van der Waals surface area contributed by atoms with E-state index in [4.69, 9.17) is 9.47 Å². The molecule has 0 radical (unpaired) electrons. The summed E-state index contributed by atoms with van der Waals surface area (Å²) >= 11 is 0. The number of aliphatic carboxylic acids is 1. The van der Waals surface area contributed by atoms with Gasteiger partial charge in [0.15, 0.2) is 0 Å². The van der Waals surface area contributed by atoms with Crippen molar-refractivity contribution < 1.29 is 23.8 Å². The minimum Gasteiger partial charge on any atom is -0.497 e. The standard InChI is InChI=1S/C22H19FO4/c1-26-18-10-4-16(5-11-18)21(22(24)25)14-15-2-8-19(9-3-15)27-20-12-6-17(23)7-13-20/h2-13,21H,14H2,1H3,(H,24,25). The molecule has 0 aliphatic heterocycles. The molecule has 0 bridgehead atoms.